The largest absolute Gasteiger partial charge is 0.378 e. The zero-order valence-electron chi connectivity index (χ0n) is 15.3. The van der Waals surface area contributed by atoms with Crippen molar-refractivity contribution >= 4 is 17.7 Å². The second kappa shape index (κ2) is 8.18. The number of morpholine rings is 1. The molecule has 142 valence electrons. The fourth-order valence-corrected chi connectivity index (χ4v) is 3.82. The zero-order valence-corrected chi connectivity index (χ0v) is 15.3. The number of hydrogen-bond acceptors (Lipinski definition) is 7. The Bertz CT molecular complexity index is 607. The molecular formula is C18H28N6O2. The summed E-state index contributed by atoms with van der Waals surface area (Å²) in [5, 5.41) is 0. The molecule has 8 nitrogen and oxygen atoms in total. The minimum Gasteiger partial charge on any atom is -0.378 e. The highest BCUT2D eigenvalue weighted by atomic mass is 16.5. The van der Waals surface area contributed by atoms with Crippen molar-refractivity contribution in [3.63, 3.8) is 0 Å². The molecule has 4 rings (SSSR count). The van der Waals surface area contributed by atoms with Crippen LogP contribution in [0.3, 0.4) is 0 Å². The number of ether oxygens (including phenoxy) is 1. The molecule has 3 aliphatic heterocycles. The van der Waals surface area contributed by atoms with Crippen LogP contribution in [0.2, 0.25) is 0 Å². The molecule has 0 saturated carbocycles. The van der Waals surface area contributed by atoms with Crippen molar-refractivity contribution in [1.29, 1.82) is 0 Å². The summed E-state index contributed by atoms with van der Waals surface area (Å²) in [7, 11) is 0. The highest BCUT2D eigenvalue weighted by Crippen LogP contribution is 2.18. The van der Waals surface area contributed by atoms with E-state index in [2.05, 4.69) is 19.7 Å². The monoisotopic (exact) mass is 360 g/mol. The van der Waals surface area contributed by atoms with Crippen LogP contribution in [0, 0.1) is 0 Å². The second-order valence-corrected chi connectivity index (χ2v) is 7.17. The summed E-state index contributed by atoms with van der Waals surface area (Å²) in [4.78, 5) is 30.3. The lowest BCUT2D eigenvalue weighted by Crippen LogP contribution is -2.50. The van der Waals surface area contributed by atoms with Crippen molar-refractivity contribution in [3.05, 3.63) is 12.3 Å². The molecule has 1 amide bonds. The number of amides is 1. The van der Waals surface area contributed by atoms with Gasteiger partial charge >= 0.3 is 0 Å². The molecule has 0 radical (unpaired) electrons. The number of aromatic nitrogens is 2. The van der Waals surface area contributed by atoms with E-state index >= 15 is 0 Å². The maximum absolute atomic E-state index is 12.3. The molecule has 4 heterocycles. The van der Waals surface area contributed by atoms with Crippen LogP contribution >= 0.6 is 0 Å². The van der Waals surface area contributed by atoms with Gasteiger partial charge in [0.2, 0.25) is 11.9 Å². The number of anilines is 2. The fourth-order valence-electron chi connectivity index (χ4n) is 3.82. The van der Waals surface area contributed by atoms with E-state index in [4.69, 9.17) is 9.72 Å². The highest BCUT2D eigenvalue weighted by Gasteiger charge is 2.24. The van der Waals surface area contributed by atoms with Crippen LogP contribution in [0.5, 0.6) is 0 Å². The average Bonchev–Trinajstić information content (AvgIpc) is 3.24. The standard InChI is InChI=1S/C18H28N6O2/c25-17(23-5-1-2-6-23)15-21-7-9-22(10-8-21)16-3-4-19-18(20-16)24-11-13-26-14-12-24/h3-4H,1-2,5-15H2. The van der Waals surface area contributed by atoms with E-state index < -0.39 is 0 Å². The Balaban J connectivity index is 1.30. The Labute approximate surface area is 154 Å². The van der Waals surface area contributed by atoms with Crippen molar-refractivity contribution < 1.29 is 9.53 Å². The predicted molar refractivity (Wildman–Crippen MR) is 99.5 cm³/mol. The van der Waals surface area contributed by atoms with Crippen LogP contribution in [0.4, 0.5) is 11.8 Å². The lowest BCUT2D eigenvalue weighted by molar-refractivity contribution is -0.131. The molecule has 8 heteroatoms. The molecule has 0 bridgehead atoms. The first kappa shape index (κ1) is 17.5. The summed E-state index contributed by atoms with van der Waals surface area (Å²) in [6.07, 6.45) is 4.15. The molecule has 0 spiro atoms. The van der Waals surface area contributed by atoms with E-state index in [0.717, 1.165) is 90.2 Å². The van der Waals surface area contributed by atoms with Crippen LogP contribution in [0.25, 0.3) is 0 Å². The fraction of sp³-hybridized carbons (Fsp3) is 0.722. The van der Waals surface area contributed by atoms with Gasteiger partial charge in [0, 0.05) is 58.6 Å². The SMILES string of the molecule is O=C(CN1CCN(c2ccnc(N3CCOCC3)n2)CC1)N1CCCC1. The Morgan fingerprint density at radius 2 is 1.69 bits per heavy atom. The van der Waals surface area contributed by atoms with E-state index in [1.807, 2.05) is 17.2 Å². The molecule has 0 N–H and O–H groups in total. The third kappa shape index (κ3) is 4.07. The molecule has 0 aromatic carbocycles. The van der Waals surface area contributed by atoms with Crippen LogP contribution in [0.15, 0.2) is 12.3 Å². The zero-order chi connectivity index (χ0) is 17.8. The van der Waals surface area contributed by atoms with Gasteiger partial charge in [-0.15, -0.1) is 0 Å². The van der Waals surface area contributed by atoms with Gasteiger partial charge in [0.15, 0.2) is 0 Å². The number of carbonyl (C=O) groups is 1. The maximum atomic E-state index is 12.3. The Morgan fingerprint density at radius 1 is 0.962 bits per heavy atom. The minimum atomic E-state index is 0.285. The molecule has 0 atom stereocenters. The molecule has 3 saturated heterocycles. The van der Waals surface area contributed by atoms with Gasteiger partial charge in [-0.2, -0.15) is 4.98 Å². The molecule has 1 aromatic rings. The van der Waals surface area contributed by atoms with Gasteiger partial charge in [-0.25, -0.2) is 4.98 Å². The number of likely N-dealkylation sites (tertiary alicyclic amines) is 1. The summed E-state index contributed by atoms with van der Waals surface area (Å²) in [6.45, 7) is 9.16. The van der Waals surface area contributed by atoms with Gasteiger partial charge < -0.3 is 19.4 Å². The van der Waals surface area contributed by atoms with Gasteiger partial charge in [0.1, 0.15) is 5.82 Å². The molecular weight excluding hydrogens is 332 g/mol. The van der Waals surface area contributed by atoms with Gasteiger partial charge in [0.05, 0.1) is 19.8 Å². The molecule has 0 unspecified atom stereocenters. The lowest BCUT2D eigenvalue weighted by Gasteiger charge is -2.36. The number of rotatable bonds is 4. The van der Waals surface area contributed by atoms with Crippen LogP contribution in [-0.2, 0) is 9.53 Å². The third-order valence-electron chi connectivity index (χ3n) is 5.44. The maximum Gasteiger partial charge on any atom is 0.236 e. The van der Waals surface area contributed by atoms with Gasteiger partial charge in [-0.05, 0) is 18.9 Å². The lowest BCUT2D eigenvalue weighted by atomic mass is 10.3. The number of piperazine rings is 1. The summed E-state index contributed by atoms with van der Waals surface area (Å²) in [6, 6.07) is 1.98. The number of carbonyl (C=O) groups excluding carboxylic acids is 1. The second-order valence-electron chi connectivity index (χ2n) is 7.17. The van der Waals surface area contributed by atoms with Crippen molar-refractivity contribution in [1.82, 2.24) is 19.8 Å². The predicted octanol–water partition coefficient (Wildman–Crippen LogP) is 0.0576. The van der Waals surface area contributed by atoms with Crippen molar-refractivity contribution in [2.24, 2.45) is 0 Å². The van der Waals surface area contributed by atoms with Crippen molar-refractivity contribution in [2.45, 2.75) is 12.8 Å². The van der Waals surface area contributed by atoms with E-state index in [-0.39, 0.29) is 5.91 Å². The van der Waals surface area contributed by atoms with Crippen LogP contribution in [-0.4, -0.2) is 97.8 Å². The van der Waals surface area contributed by atoms with Crippen molar-refractivity contribution in [2.75, 3.05) is 81.9 Å². The topological polar surface area (TPSA) is 65.0 Å². The number of hydrogen-bond donors (Lipinski definition) is 0. The first-order valence-electron chi connectivity index (χ1n) is 9.70. The number of nitrogens with zero attached hydrogens (tertiary/aromatic N) is 6. The van der Waals surface area contributed by atoms with E-state index in [0.29, 0.717) is 6.54 Å². The summed E-state index contributed by atoms with van der Waals surface area (Å²) >= 11 is 0. The van der Waals surface area contributed by atoms with Crippen LogP contribution in [0.1, 0.15) is 12.8 Å². The van der Waals surface area contributed by atoms with Gasteiger partial charge in [-0.3, -0.25) is 9.69 Å². The van der Waals surface area contributed by atoms with Crippen molar-refractivity contribution in [3.8, 4) is 0 Å². The summed E-state index contributed by atoms with van der Waals surface area (Å²) < 4.78 is 5.40. The van der Waals surface area contributed by atoms with E-state index in [9.17, 15) is 4.79 Å². The molecule has 1 aromatic heterocycles. The normalized spacial score (nSPS) is 22.1. The average molecular weight is 360 g/mol. The highest BCUT2D eigenvalue weighted by molar-refractivity contribution is 5.78. The molecule has 0 aliphatic carbocycles. The van der Waals surface area contributed by atoms with E-state index in [1.165, 1.54) is 0 Å². The Morgan fingerprint density at radius 3 is 2.42 bits per heavy atom. The van der Waals surface area contributed by atoms with Crippen LogP contribution < -0.4 is 9.80 Å². The first-order chi connectivity index (χ1) is 12.8. The third-order valence-corrected chi connectivity index (χ3v) is 5.44. The quantitative estimate of drug-likeness (QED) is 0.752. The minimum absolute atomic E-state index is 0.285. The molecule has 26 heavy (non-hydrogen) atoms. The van der Waals surface area contributed by atoms with Gasteiger partial charge in [0.25, 0.3) is 0 Å². The molecule has 3 aliphatic rings. The first-order valence-corrected chi connectivity index (χ1v) is 9.70. The summed E-state index contributed by atoms with van der Waals surface area (Å²) in [5.74, 6) is 2.05. The van der Waals surface area contributed by atoms with E-state index in [1.54, 1.807) is 0 Å². The smallest absolute Gasteiger partial charge is 0.236 e. The Hall–Kier alpha value is -1.93. The Kier molecular flexibility index (Phi) is 5.50. The summed E-state index contributed by atoms with van der Waals surface area (Å²) in [5.41, 5.74) is 0. The van der Waals surface area contributed by atoms with Gasteiger partial charge in [-0.1, -0.05) is 0 Å². The molecule has 3 fully saturated rings.